The van der Waals surface area contributed by atoms with Crippen molar-refractivity contribution in [3.8, 4) is 5.75 Å². The molecular formula is C12H16ClN3O. The normalized spacial score (nSPS) is 9.82. The van der Waals surface area contributed by atoms with Crippen LogP contribution in [0.1, 0.15) is 12.5 Å². The summed E-state index contributed by atoms with van der Waals surface area (Å²) < 4.78 is 5.18. The van der Waals surface area contributed by atoms with Crippen LogP contribution in [0.25, 0.3) is 10.9 Å². The van der Waals surface area contributed by atoms with Gasteiger partial charge in [-0.3, -0.25) is 0 Å². The monoisotopic (exact) mass is 253 g/mol. The van der Waals surface area contributed by atoms with Gasteiger partial charge in [-0.05, 0) is 36.2 Å². The van der Waals surface area contributed by atoms with Gasteiger partial charge in [-0.1, -0.05) is 6.92 Å². The number of nitrogens with one attached hydrogen (secondary N) is 1. The number of aromatic nitrogens is 1. The van der Waals surface area contributed by atoms with Crippen LogP contribution in [-0.2, 0) is 6.42 Å². The van der Waals surface area contributed by atoms with E-state index >= 15 is 0 Å². The van der Waals surface area contributed by atoms with Crippen LogP contribution in [0.3, 0.4) is 0 Å². The predicted molar refractivity (Wildman–Crippen MR) is 72.7 cm³/mol. The van der Waals surface area contributed by atoms with E-state index in [9.17, 15) is 0 Å². The molecule has 0 spiro atoms. The van der Waals surface area contributed by atoms with E-state index in [4.69, 9.17) is 10.6 Å². The Morgan fingerprint density at radius 2 is 2.12 bits per heavy atom. The Balaban J connectivity index is 0.00000144. The van der Waals surface area contributed by atoms with Crippen molar-refractivity contribution >= 4 is 29.1 Å². The third kappa shape index (κ3) is 2.60. The van der Waals surface area contributed by atoms with Crippen LogP contribution in [0, 0.1) is 0 Å². The fourth-order valence-electron chi connectivity index (χ4n) is 1.72. The molecule has 3 N–H and O–H groups in total. The highest BCUT2D eigenvalue weighted by atomic mass is 35.5. The molecule has 1 aromatic heterocycles. The SMILES string of the molecule is CCc1cc2cc(OC)ccc2nc1NN.Cl. The van der Waals surface area contributed by atoms with Crippen molar-refractivity contribution in [3.05, 3.63) is 29.8 Å². The number of halogens is 1. The smallest absolute Gasteiger partial charge is 0.143 e. The number of fused-ring (bicyclic) bond motifs is 1. The Kier molecular flexibility index (Phi) is 4.54. The average Bonchev–Trinajstić information content (AvgIpc) is 2.36. The highest BCUT2D eigenvalue weighted by Gasteiger charge is 2.05. The van der Waals surface area contributed by atoms with E-state index in [2.05, 4.69) is 23.4 Å². The Hall–Kier alpha value is -1.52. The quantitative estimate of drug-likeness (QED) is 0.652. The van der Waals surface area contributed by atoms with Crippen molar-refractivity contribution in [2.45, 2.75) is 13.3 Å². The first-order valence-corrected chi connectivity index (χ1v) is 5.22. The van der Waals surface area contributed by atoms with Crippen LogP contribution < -0.4 is 16.0 Å². The van der Waals surface area contributed by atoms with Gasteiger partial charge < -0.3 is 10.2 Å². The second-order valence-corrected chi connectivity index (χ2v) is 3.55. The van der Waals surface area contributed by atoms with Gasteiger partial charge in [0, 0.05) is 5.39 Å². The van der Waals surface area contributed by atoms with E-state index in [0.717, 1.165) is 34.5 Å². The molecule has 0 fully saturated rings. The molecule has 4 nitrogen and oxygen atoms in total. The summed E-state index contributed by atoms with van der Waals surface area (Å²) in [5.74, 6) is 7.01. The average molecular weight is 254 g/mol. The molecule has 0 aliphatic carbocycles. The first-order chi connectivity index (χ1) is 7.78. The zero-order valence-corrected chi connectivity index (χ0v) is 10.7. The van der Waals surface area contributed by atoms with Gasteiger partial charge in [-0.2, -0.15) is 0 Å². The van der Waals surface area contributed by atoms with Crippen LogP contribution in [0.15, 0.2) is 24.3 Å². The summed E-state index contributed by atoms with van der Waals surface area (Å²) >= 11 is 0. The standard InChI is InChI=1S/C12H15N3O.ClH/c1-3-8-6-9-7-10(16-2)4-5-11(9)14-12(8)15-13;/h4-7H,3,13H2,1-2H3,(H,14,15);1H. The first kappa shape index (κ1) is 13.5. The molecule has 0 bridgehead atoms. The van der Waals surface area contributed by atoms with Crippen LogP contribution in [0.4, 0.5) is 5.82 Å². The zero-order chi connectivity index (χ0) is 11.5. The number of hydrogen-bond donors (Lipinski definition) is 2. The number of pyridine rings is 1. The highest BCUT2D eigenvalue weighted by molar-refractivity contribution is 5.85. The lowest BCUT2D eigenvalue weighted by Gasteiger charge is -2.09. The van der Waals surface area contributed by atoms with E-state index in [1.165, 1.54) is 0 Å². The maximum atomic E-state index is 5.44. The van der Waals surface area contributed by atoms with Crippen molar-refractivity contribution < 1.29 is 4.74 Å². The van der Waals surface area contributed by atoms with Gasteiger partial charge in [-0.15, -0.1) is 12.4 Å². The Morgan fingerprint density at radius 1 is 1.35 bits per heavy atom. The van der Waals surface area contributed by atoms with Crippen LogP contribution in [0.2, 0.25) is 0 Å². The molecule has 1 heterocycles. The van der Waals surface area contributed by atoms with E-state index < -0.39 is 0 Å². The Morgan fingerprint density at radius 3 is 2.71 bits per heavy atom. The molecular weight excluding hydrogens is 238 g/mol. The van der Waals surface area contributed by atoms with Crippen molar-refractivity contribution in [2.24, 2.45) is 5.84 Å². The van der Waals surface area contributed by atoms with Gasteiger partial charge in [0.25, 0.3) is 0 Å². The third-order valence-corrected chi connectivity index (χ3v) is 2.62. The molecule has 92 valence electrons. The lowest BCUT2D eigenvalue weighted by atomic mass is 10.1. The fraction of sp³-hybridized carbons (Fsp3) is 0.250. The van der Waals surface area contributed by atoms with Gasteiger partial charge in [0.05, 0.1) is 12.6 Å². The fourth-order valence-corrected chi connectivity index (χ4v) is 1.72. The van der Waals surface area contributed by atoms with Gasteiger partial charge in [0.15, 0.2) is 0 Å². The van der Waals surface area contributed by atoms with Gasteiger partial charge in [0.1, 0.15) is 11.6 Å². The summed E-state index contributed by atoms with van der Waals surface area (Å²) in [5.41, 5.74) is 4.63. The number of anilines is 1. The highest BCUT2D eigenvalue weighted by Crippen LogP contribution is 2.24. The minimum Gasteiger partial charge on any atom is -0.497 e. The minimum atomic E-state index is 0. The van der Waals surface area contributed by atoms with Crippen molar-refractivity contribution in [1.29, 1.82) is 0 Å². The lowest BCUT2D eigenvalue weighted by molar-refractivity contribution is 0.415. The van der Waals surface area contributed by atoms with Gasteiger partial charge >= 0.3 is 0 Å². The van der Waals surface area contributed by atoms with Crippen molar-refractivity contribution in [2.75, 3.05) is 12.5 Å². The van der Waals surface area contributed by atoms with Crippen molar-refractivity contribution in [3.63, 3.8) is 0 Å². The number of ether oxygens (including phenoxy) is 1. The topological polar surface area (TPSA) is 60.2 Å². The van der Waals surface area contributed by atoms with Gasteiger partial charge in [0.2, 0.25) is 0 Å². The summed E-state index contributed by atoms with van der Waals surface area (Å²) in [4.78, 5) is 4.45. The number of aryl methyl sites for hydroxylation is 1. The molecule has 0 aliphatic rings. The number of methoxy groups -OCH3 is 1. The maximum absolute atomic E-state index is 5.44. The lowest BCUT2D eigenvalue weighted by Crippen LogP contribution is -2.11. The molecule has 2 aromatic rings. The van der Waals surface area contributed by atoms with Crippen molar-refractivity contribution in [1.82, 2.24) is 4.98 Å². The summed E-state index contributed by atoms with van der Waals surface area (Å²) in [6.45, 7) is 2.07. The first-order valence-electron chi connectivity index (χ1n) is 5.22. The number of hydrogen-bond acceptors (Lipinski definition) is 4. The van der Waals surface area contributed by atoms with Crippen LogP contribution in [-0.4, -0.2) is 12.1 Å². The number of benzene rings is 1. The molecule has 0 amide bonds. The molecule has 2 rings (SSSR count). The molecule has 0 radical (unpaired) electrons. The summed E-state index contributed by atoms with van der Waals surface area (Å²) in [7, 11) is 1.66. The number of hydrazine groups is 1. The van der Waals surface area contributed by atoms with Crippen LogP contribution >= 0.6 is 12.4 Å². The van der Waals surface area contributed by atoms with E-state index in [1.807, 2.05) is 18.2 Å². The molecule has 0 saturated carbocycles. The molecule has 1 aromatic carbocycles. The summed E-state index contributed by atoms with van der Waals surface area (Å²) in [6, 6.07) is 7.87. The minimum absolute atomic E-state index is 0. The molecule has 0 saturated heterocycles. The van der Waals surface area contributed by atoms with Gasteiger partial charge in [-0.25, -0.2) is 10.8 Å². The molecule has 5 heteroatoms. The molecule has 0 aliphatic heterocycles. The molecule has 0 atom stereocenters. The summed E-state index contributed by atoms with van der Waals surface area (Å²) in [5, 5.41) is 1.07. The largest absolute Gasteiger partial charge is 0.497 e. The predicted octanol–water partition coefficient (Wildman–Crippen LogP) is 2.51. The third-order valence-electron chi connectivity index (χ3n) is 2.62. The molecule has 17 heavy (non-hydrogen) atoms. The van der Waals surface area contributed by atoms with Crippen LogP contribution in [0.5, 0.6) is 5.75 Å². The number of rotatable bonds is 3. The number of nitrogen functional groups attached to an aromatic ring is 1. The van der Waals surface area contributed by atoms with E-state index in [-0.39, 0.29) is 12.4 Å². The summed E-state index contributed by atoms with van der Waals surface area (Å²) in [6.07, 6.45) is 0.889. The second kappa shape index (κ2) is 5.70. The Bertz CT molecular complexity index is 516. The second-order valence-electron chi connectivity index (χ2n) is 3.55. The van der Waals surface area contributed by atoms with E-state index in [1.54, 1.807) is 7.11 Å². The Labute approximate surface area is 107 Å². The zero-order valence-electron chi connectivity index (χ0n) is 9.86. The number of nitrogens with zero attached hydrogens (tertiary/aromatic N) is 1. The van der Waals surface area contributed by atoms with E-state index in [0.29, 0.717) is 0 Å². The number of nitrogens with two attached hydrogens (primary N) is 1. The molecule has 0 unspecified atom stereocenters. The maximum Gasteiger partial charge on any atom is 0.143 e.